The summed E-state index contributed by atoms with van der Waals surface area (Å²) >= 11 is 0. The van der Waals surface area contributed by atoms with Crippen LogP contribution in [0.2, 0.25) is 0 Å². The Morgan fingerprint density at radius 2 is 1.79 bits per heavy atom. The van der Waals surface area contributed by atoms with Crippen LogP contribution in [0.25, 0.3) is 6.08 Å². The molecule has 1 aliphatic rings. The highest BCUT2D eigenvalue weighted by Gasteiger charge is 2.32. The Labute approximate surface area is 217 Å². The van der Waals surface area contributed by atoms with Gasteiger partial charge >= 0.3 is 5.97 Å². The summed E-state index contributed by atoms with van der Waals surface area (Å²) in [7, 11) is 0. The fraction of sp³-hybridized carbons (Fsp3) is 0.0714. The quantitative estimate of drug-likeness (QED) is 0.314. The zero-order valence-corrected chi connectivity index (χ0v) is 20.0. The van der Waals surface area contributed by atoms with Crippen LogP contribution in [0.5, 0.6) is 0 Å². The summed E-state index contributed by atoms with van der Waals surface area (Å²) < 4.78 is 0. The van der Waals surface area contributed by atoms with Gasteiger partial charge in [0.15, 0.2) is 0 Å². The molecule has 2 amide bonds. The number of carboxylic acids is 1. The van der Waals surface area contributed by atoms with Crippen molar-refractivity contribution in [3.63, 3.8) is 0 Å². The fourth-order valence-corrected chi connectivity index (χ4v) is 3.96. The maximum Gasteiger partial charge on any atom is 0.326 e. The normalized spacial score (nSPS) is 14.8. The summed E-state index contributed by atoms with van der Waals surface area (Å²) in [5.41, 5.74) is 2.92. The lowest BCUT2D eigenvalue weighted by atomic mass is 10.1. The van der Waals surface area contributed by atoms with Gasteiger partial charge in [0.05, 0.1) is 17.7 Å². The summed E-state index contributed by atoms with van der Waals surface area (Å²) in [6.07, 6.45) is 6.27. The van der Waals surface area contributed by atoms with Crippen LogP contribution in [0.4, 0.5) is 5.69 Å². The van der Waals surface area contributed by atoms with Crippen molar-refractivity contribution in [2.24, 2.45) is 4.99 Å². The van der Waals surface area contributed by atoms with E-state index in [1.165, 1.54) is 29.6 Å². The van der Waals surface area contributed by atoms with Crippen LogP contribution in [-0.2, 0) is 16.0 Å². The number of amidine groups is 1. The van der Waals surface area contributed by atoms with Gasteiger partial charge in [0.25, 0.3) is 11.8 Å². The number of hydrogen-bond acceptors (Lipinski definition) is 6. The first-order valence-electron chi connectivity index (χ1n) is 11.7. The molecule has 2 aromatic heterocycles. The second-order valence-electron chi connectivity index (χ2n) is 8.42. The van der Waals surface area contributed by atoms with E-state index in [0.29, 0.717) is 22.9 Å². The molecule has 2 aromatic carbocycles. The number of carbonyl (C=O) groups is 3. The number of nitrogens with one attached hydrogen (secondary N) is 2. The van der Waals surface area contributed by atoms with E-state index >= 15 is 0 Å². The Hall–Kier alpha value is -5.38. The van der Waals surface area contributed by atoms with Gasteiger partial charge in [-0.1, -0.05) is 36.4 Å². The molecule has 188 valence electrons. The molecule has 0 aliphatic carbocycles. The molecule has 0 saturated heterocycles. The lowest BCUT2D eigenvalue weighted by Crippen LogP contribution is -2.42. The van der Waals surface area contributed by atoms with E-state index in [1.54, 1.807) is 36.5 Å². The summed E-state index contributed by atoms with van der Waals surface area (Å²) in [6.45, 7) is 0. The molecule has 0 spiro atoms. The van der Waals surface area contributed by atoms with Crippen molar-refractivity contribution in [3.05, 3.63) is 120 Å². The number of aromatic amines is 1. The summed E-state index contributed by atoms with van der Waals surface area (Å²) in [4.78, 5) is 55.0. The first kappa shape index (κ1) is 24.3. The van der Waals surface area contributed by atoms with Crippen molar-refractivity contribution in [2.45, 2.75) is 12.5 Å². The number of carbonyl (C=O) groups excluding carboxylic acids is 2. The van der Waals surface area contributed by atoms with Crippen molar-refractivity contribution in [2.75, 3.05) is 4.90 Å². The predicted octanol–water partition coefficient (Wildman–Crippen LogP) is 3.06. The number of rotatable bonds is 8. The third-order valence-corrected chi connectivity index (χ3v) is 5.83. The highest BCUT2D eigenvalue weighted by molar-refractivity contribution is 6.33. The maximum atomic E-state index is 13.4. The zero-order valence-electron chi connectivity index (χ0n) is 20.0. The number of aromatic nitrogens is 3. The first-order chi connectivity index (χ1) is 18.5. The molecule has 10 heteroatoms. The second-order valence-corrected chi connectivity index (χ2v) is 8.42. The van der Waals surface area contributed by atoms with Crippen LogP contribution in [0.15, 0.2) is 102 Å². The molecular weight excluding hydrogens is 484 g/mol. The number of benzene rings is 2. The van der Waals surface area contributed by atoms with E-state index in [9.17, 15) is 19.5 Å². The number of pyridine rings is 1. The Morgan fingerprint density at radius 1 is 1.03 bits per heavy atom. The number of imidazole rings is 1. The molecule has 3 N–H and O–H groups in total. The highest BCUT2D eigenvalue weighted by Crippen LogP contribution is 2.28. The van der Waals surface area contributed by atoms with Gasteiger partial charge in [0, 0.05) is 35.6 Å². The minimum absolute atomic E-state index is 0.0592. The zero-order chi connectivity index (χ0) is 26.5. The lowest BCUT2D eigenvalue weighted by Gasteiger charge is -2.19. The molecule has 0 saturated carbocycles. The summed E-state index contributed by atoms with van der Waals surface area (Å²) in [5.74, 6) is -1.61. The Balaban J connectivity index is 1.40. The molecular formula is C28H22N6O4. The minimum Gasteiger partial charge on any atom is -0.480 e. The molecule has 0 bridgehead atoms. The van der Waals surface area contributed by atoms with Crippen molar-refractivity contribution in [3.8, 4) is 0 Å². The van der Waals surface area contributed by atoms with Crippen LogP contribution in [-0.4, -0.2) is 49.7 Å². The molecule has 3 heterocycles. The maximum absolute atomic E-state index is 13.4. The van der Waals surface area contributed by atoms with Gasteiger partial charge in [-0.3, -0.25) is 19.5 Å². The smallest absolute Gasteiger partial charge is 0.326 e. The third kappa shape index (κ3) is 5.24. The number of hydrogen-bond donors (Lipinski definition) is 3. The number of aliphatic carboxylic acids is 1. The predicted molar refractivity (Wildman–Crippen MR) is 140 cm³/mol. The Morgan fingerprint density at radius 3 is 2.45 bits per heavy atom. The molecule has 0 fully saturated rings. The van der Waals surface area contributed by atoms with Crippen molar-refractivity contribution in [1.82, 2.24) is 20.3 Å². The van der Waals surface area contributed by atoms with Gasteiger partial charge < -0.3 is 15.4 Å². The van der Waals surface area contributed by atoms with Crippen LogP contribution in [0, 0.1) is 0 Å². The van der Waals surface area contributed by atoms with Crippen LogP contribution >= 0.6 is 0 Å². The molecule has 1 atom stereocenters. The van der Waals surface area contributed by atoms with E-state index in [1.807, 2.05) is 36.4 Å². The van der Waals surface area contributed by atoms with Crippen molar-refractivity contribution >= 4 is 35.4 Å². The molecule has 0 radical (unpaired) electrons. The molecule has 38 heavy (non-hydrogen) atoms. The van der Waals surface area contributed by atoms with E-state index in [-0.39, 0.29) is 23.6 Å². The van der Waals surface area contributed by atoms with Crippen molar-refractivity contribution < 1.29 is 19.5 Å². The molecule has 1 unspecified atom stereocenters. The first-order valence-corrected chi connectivity index (χ1v) is 11.7. The number of anilines is 1. The number of amides is 2. The third-order valence-electron chi connectivity index (χ3n) is 5.83. The van der Waals surface area contributed by atoms with E-state index in [0.717, 1.165) is 5.56 Å². The Kier molecular flexibility index (Phi) is 6.85. The monoisotopic (exact) mass is 506 g/mol. The number of aliphatic imine (C=N–C) groups is 1. The molecule has 4 aromatic rings. The van der Waals surface area contributed by atoms with Gasteiger partial charge in [0.1, 0.15) is 17.6 Å². The standard InChI is InChI=1S/C28H22N6O4/c35-26(33-24(28(37)38)15-21-16-29-17-31-21)19-9-11-22(12-10-19)34-25(18-6-2-1-3-7-18)32-23(27(34)36)14-20-8-4-5-13-30-20/h1-14,16-17,24H,15H2,(H,29,31)(H,33,35)(H,37,38). The largest absolute Gasteiger partial charge is 0.480 e. The molecule has 5 rings (SSSR count). The lowest BCUT2D eigenvalue weighted by molar-refractivity contribution is -0.139. The minimum atomic E-state index is -1.16. The van der Waals surface area contributed by atoms with Gasteiger partial charge in [-0.15, -0.1) is 0 Å². The van der Waals surface area contributed by atoms with Crippen LogP contribution in [0.3, 0.4) is 0 Å². The average Bonchev–Trinajstić information content (AvgIpc) is 3.57. The number of nitrogens with zero attached hydrogens (tertiary/aromatic N) is 4. The molecule has 1 aliphatic heterocycles. The van der Waals surface area contributed by atoms with E-state index in [2.05, 4.69) is 25.3 Å². The topological polar surface area (TPSA) is 141 Å². The Bertz CT molecular complexity index is 1510. The SMILES string of the molecule is O=C(NC(Cc1cnc[nH]1)C(=O)O)c1ccc(N2C(=O)C(=Cc3ccccn3)N=C2c2ccccc2)cc1. The van der Waals surface area contributed by atoms with E-state index in [4.69, 9.17) is 0 Å². The van der Waals surface area contributed by atoms with Gasteiger partial charge in [-0.05, 0) is 42.5 Å². The average molecular weight is 507 g/mol. The van der Waals surface area contributed by atoms with Gasteiger partial charge in [-0.25, -0.2) is 14.8 Å². The number of H-pyrrole nitrogens is 1. The molecule has 10 nitrogen and oxygen atoms in total. The van der Waals surface area contributed by atoms with Crippen LogP contribution in [0.1, 0.15) is 27.3 Å². The number of carboxylic acid groups (broad SMARTS) is 1. The summed E-state index contributed by atoms with van der Waals surface area (Å²) in [6, 6.07) is 19.9. The van der Waals surface area contributed by atoms with E-state index < -0.39 is 17.9 Å². The van der Waals surface area contributed by atoms with Crippen molar-refractivity contribution in [1.29, 1.82) is 0 Å². The van der Waals surface area contributed by atoms with Gasteiger partial charge in [0.2, 0.25) is 0 Å². The second kappa shape index (κ2) is 10.7. The van der Waals surface area contributed by atoms with Crippen LogP contribution < -0.4 is 10.2 Å². The van der Waals surface area contributed by atoms with Gasteiger partial charge in [-0.2, -0.15) is 0 Å². The highest BCUT2D eigenvalue weighted by atomic mass is 16.4. The fourth-order valence-electron chi connectivity index (χ4n) is 3.96. The summed E-state index contributed by atoms with van der Waals surface area (Å²) in [5, 5.41) is 12.1.